The van der Waals surface area contributed by atoms with Crippen molar-refractivity contribution in [1.29, 1.82) is 0 Å². The number of hydrogen-bond acceptors (Lipinski definition) is 3. The summed E-state index contributed by atoms with van der Waals surface area (Å²) >= 11 is 6.18. The zero-order valence-corrected chi connectivity index (χ0v) is 15.2. The third-order valence-electron chi connectivity index (χ3n) is 4.07. The number of urea groups is 1. The predicted octanol–water partition coefficient (Wildman–Crippen LogP) is 2.65. The summed E-state index contributed by atoms with van der Waals surface area (Å²) in [6, 6.07) is 11.2. The van der Waals surface area contributed by atoms with Crippen molar-refractivity contribution in [3.05, 3.63) is 64.2 Å². The summed E-state index contributed by atoms with van der Waals surface area (Å²) in [7, 11) is 0. The number of halogens is 1. The standard InChI is InChI=1S/C19H19ClN4O3/c20-16-9-14(7-8-15(16)18(26)23-13-5-6-13)24-17(25)12-3-1-11(2-4-12)10-22-19(21)27/h1-4,7-9,13H,5-6,10H2,(H,23,26)(H,24,25)(H3,21,22,27). The van der Waals surface area contributed by atoms with E-state index < -0.39 is 6.03 Å². The minimum Gasteiger partial charge on any atom is -0.352 e. The number of nitrogens with two attached hydrogens (primary N) is 1. The highest BCUT2D eigenvalue weighted by atomic mass is 35.5. The molecule has 3 rings (SSSR count). The van der Waals surface area contributed by atoms with Crippen LogP contribution < -0.4 is 21.7 Å². The first-order valence-electron chi connectivity index (χ1n) is 8.46. The lowest BCUT2D eigenvalue weighted by Crippen LogP contribution is -2.28. The highest BCUT2D eigenvalue weighted by Crippen LogP contribution is 2.24. The Morgan fingerprint density at radius 1 is 1.04 bits per heavy atom. The van der Waals surface area contributed by atoms with Gasteiger partial charge in [0.2, 0.25) is 0 Å². The van der Waals surface area contributed by atoms with Crippen LogP contribution in [0, 0.1) is 0 Å². The second kappa shape index (κ2) is 8.09. The molecule has 8 heteroatoms. The number of carbonyl (C=O) groups is 3. The second-order valence-electron chi connectivity index (χ2n) is 6.31. The number of nitrogens with one attached hydrogen (secondary N) is 3. The van der Waals surface area contributed by atoms with Crippen LogP contribution >= 0.6 is 11.6 Å². The topological polar surface area (TPSA) is 113 Å². The summed E-state index contributed by atoms with van der Waals surface area (Å²) < 4.78 is 0. The lowest BCUT2D eigenvalue weighted by atomic mass is 10.1. The Labute approximate surface area is 161 Å². The highest BCUT2D eigenvalue weighted by molar-refractivity contribution is 6.34. The molecular formula is C19H19ClN4O3. The van der Waals surface area contributed by atoms with Crippen LogP contribution in [0.5, 0.6) is 0 Å². The van der Waals surface area contributed by atoms with Crippen LogP contribution in [0.25, 0.3) is 0 Å². The largest absolute Gasteiger partial charge is 0.352 e. The zero-order valence-electron chi connectivity index (χ0n) is 14.4. The van der Waals surface area contributed by atoms with Gasteiger partial charge >= 0.3 is 6.03 Å². The number of hydrogen-bond donors (Lipinski definition) is 4. The van der Waals surface area contributed by atoms with Gasteiger partial charge < -0.3 is 21.7 Å². The lowest BCUT2D eigenvalue weighted by molar-refractivity contribution is 0.0950. The van der Waals surface area contributed by atoms with Gasteiger partial charge in [-0.3, -0.25) is 9.59 Å². The number of benzene rings is 2. The van der Waals surface area contributed by atoms with Crippen LogP contribution in [0.1, 0.15) is 39.1 Å². The molecule has 1 fully saturated rings. The van der Waals surface area contributed by atoms with Gasteiger partial charge in [-0.15, -0.1) is 0 Å². The summed E-state index contributed by atoms with van der Waals surface area (Å²) in [4.78, 5) is 35.1. The molecule has 1 aliphatic rings. The van der Waals surface area contributed by atoms with E-state index in [0.717, 1.165) is 18.4 Å². The van der Waals surface area contributed by atoms with Crippen molar-refractivity contribution in [2.24, 2.45) is 5.73 Å². The summed E-state index contributed by atoms with van der Waals surface area (Å²) in [5.74, 6) is -0.517. The summed E-state index contributed by atoms with van der Waals surface area (Å²) in [6.45, 7) is 0.289. The first-order chi connectivity index (χ1) is 12.9. The number of amides is 4. The van der Waals surface area contributed by atoms with E-state index in [1.54, 1.807) is 42.5 Å². The quantitative estimate of drug-likeness (QED) is 0.612. The van der Waals surface area contributed by atoms with Crippen molar-refractivity contribution in [2.45, 2.75) is 25.4 Å². The Morgan fingerprint density at radius 3 is 2.33 bits per heavy atom. The van der Waals surface area contributed by atoms with E-state index in [1.807, 2.05) is 0 Å². The molecule has 27 heavy (non-hydrogen) atoms. The Bertz CT molecular complexity index is 879. The maximum absolute atomic E-state index is 12.4. The molecule has 0 unspecified atom stereocenters. The lowest BCUT2D eigenvalue weighted by Gasteiger charge is -2.10. The van der Waals surface area contributed by atoms with Crippen molar-refractivity contribution < 1.29 is 14.4 Å². The van der Waals surface area contributed by atoms with Gasteiger partial charge in [0.1, 0.15) is 0 Å². The first kappa shape index (κ1) is 18.7. The van der Waals surface area contributed by atoms with E-state index in [9.17, 15) is 14.4 Å². The molecule has 0 bridgehead atoms. The highest BCUT2D eigenvalue weighted by Gasteiger charge is 2.24. The molecule has 2 aromatic rings. The molecule has 0 radical (unpaired) electrons. The van der Waals surface area contributed by atoms with E-state index in [1.165, 1.54) is 0 Å². The molecule has 0 heterocycles. The zero-order chi connectivity index (χ0) is 19.4. The summed E-state index contributed by atoms with van der Waals surface area (Å²) in [5.41, 5.74) is 7.17. The van der Waals surface area contributed by atoms with Gasteiger partial charge in [-0.1, -0.05) is 23.7 Å². The van der Waals surface area contributed by atoms with Crippen molar-refractivity contribution in [3.8, 4) is 0 Å². The molecular weight excluding hydrogens is 368 g/mol. The van der Waals surface area contributed by atoms with E-state index >= 15 is 0 Å². The van der Waals surface area contributed by atoms with Gasteiger partial charge in [-0.2, -0.15) is 0 Å². The molecule has 7 nitrogen and oxygen atoms in total. The number of primary amides is 1. The Hall–Kier alpha value is -3.06. The van der Waals surface area contributed by atoms with Crippen molar-refractivity contribution in [3.63, 3.8) is 0 Å². The summed E-state index contributed by atoms with van der Waals surface area (Å²) in [6.07, 6.45) is 1.99. The fraction of sp³-hybridized carbons (Fsp3) is 0.211. The van der Waals surface area contributed by atoms with E-state index in [2.05, 4.69) is 16.0 Å². The molecule has 0 spiro atoms. The van der Waals surface area contributed by atoms with Crippen LogP contribution in [0.15, 0.2) is 42.5 Å². The van der Waals surface area contributed by atoms with Crippen LogP contribution in [0.4, 0.5) is 10.5 Å². The van der Waals surface area contributed by atoms with Gasteiger partial charge in [0, 0.05) is 23.8 Å². The number of rotatable bonds is 6. The normalized spacial score (nSPS) is 12.9. The van der Waals surface area contributed by atoms with E-state index in [0.29, 0.717) is 16.8 Å². The monoisotopic (exact) mass is 386 g/mol. The average Bonchev–Trinajstić information content (AvgIpc) is 3.44. The molecule has 1 aliphatic carbocycles. The molecule has 0 aromatic heterocycles. The maximum Gasteiger partial charge on any atom is 0.312 e. The van der Waals surface area contributed by atoms with Gasteiger partial charge in [0.15, 0.2) is 0 Å². The number of carbonyl (C=O) groups excluding carboxylic acids is 3. The Morgan fingerprint density at radius 2 is 1.74 bits per heavy atom. The van der Waals surface area contributed by atoms with Crippen LogP contribution in [0.3, 0.4) is 0 Å². The Kier molecular flexibility index (Phi) is 5.61. The van der Waals surface area contributed by atoms with Crippen LogP contribution in [0.2, 0.25) is 5.02 Å². The van der Waals surface area contributed by atoms with Gasteiger partial charge in [0.25, 0.3) is 11.8 Å². The van der Waals surface area contributed by atoms with Crippen LogP contribution in [-0.4, -0.2) is 23.9 Å². The average molecular weight is 387 g/mol. The molecule has 5 N–H and O–H groups in total. The van der Waals surface area contributed by atoms with Gasteiger partial charge in [0.05, 0.1) is 10.6 Å². The third kappa shape index (κ3) is 5.21. The Balaban J connectivity index is 1.62. The predicted molar refractivity (Wildman–Crippen MR) is 103 cm³/mol. The van der Waals surface area contributed by atoms with Crippen molar-refractivity contribution in [2.75, 3.05) is 5.32 Å². The fourth-order valence-corrected chi connectivity index (χ4v) is 2.70. The molecule has 0 aliphatic heterocycles. The molecule has 0 atom stereocenters. The maximum atomic E-state index is 12.4. The third-order valence-corrected chi connectivity index (χ3v) is 4.38. The second-order valence-corrected chi connectivity index (χ2v) is 6.72. The molecule has 4 amide bonds. The smallest absolute Gasteiger partial charge is 0.312 e. The fourth-order valence-electron chi connectivity index (χ4n) is 2.43. The van der Waals surface area contributed by atoms with Crippen LogP contribution in [-0.2, 0) is 6.54 Å². The first-order valence-corrected chi connectivity index (χ1v) is 8.84. The van der Waals surface area contributed by atoms with Gasteiger partial charge in [-0.25, -0.2) is 4.79 Å². The van der Waals surface area contributed by atoms with Gasteiger partial charge in [-0.05, 0) is 48.7 Å². The van der Waals surface area contributed by atoms with E-state index in [-0.39, 0.29) is 29.4 Å². The number of anilines is 1. The SMILES string of the molecule is NC(=O)NCc1ccc(C(=O)Nc2ccc(C(=O)NC3CC3)c(Cl)c2)cc1. The minimum absolute atomic E-state index is 0.208. The molecule has 0 saturated heterocycles. The molecule has 2 aromatic carbocycles. The minimum atomic E-state index is -0.608. The summed E-state index contributed by atoms with van der Waals surface area (Å²) in [5, 5.41) is 8.37. The van der Waals surface area contributed by atoms with Crippen molar-refractivity contribution in [1.82, 2.24) is 10.6 Å². The molecule has 1 saturated carbocycles. The van der Waals surface area contributed by atoms with E-state index in [4.69, 9.17) is 17.3 Å². The van der Waals surface area contributed by atoms with Crippen molar-refractivity contribution >= 4 is 35.1 Å². The molecule has 140 valence electrons.